The summed E-state index contributed by atoms with van der Waals surface area (Å²) in [4.78, 5) is 3.84. The van der Waals surface area contributed by atoms with E-state index in [1.807, 2.05) is 13.8 Å². The van der Waals surface area contributed by atoms with Crippen LogP contribution in [-0.4, -0.2) is 4.98 Å². The fraction of sp³-hybridized carbons (Fsp3) is 0.375. The molecule has 0 aliphatic carbocycles. The molecule has 0 radical (unpaired) electrons. The van der Waals surface area contributed by atoms with Gasteiger partial charge in [0.2, 0.25) is 0 Å². The number of pyridine rings is 1. The zero-order valence-electron chi connectivity index (χ0n) is 7.06. The minimum Gasteiger partial charge on any atom is -0.245 e. The molecule has 1 heterocycles. The molecule has 0 unspecified atom stereocenters. The van der Waals surface area contributed by atoms with E-state index in [0.717, 1.165) is 5.56 Å². The molecule has 0 fully saturated rings. The topological polar surface area (TPSA) is 12.9 Å². The van der Waals surface area contributed by atoms with E-state index in [2.05, 4.69) is 4.98 Å². The molecule has 1 aromatic heterocycles. The molecule has 0 atom stereocenters. The summed E-state index contributed by atoms with van der Waals surface area (Å²) in [5.74, 6) is -0.591. The number of aromatic nitrogens is 1. The molecule has 1 rings (SSSR count). The quantitative estimate of drug-likeness (QED) is 0.570. The van der Waals surface area contributed by atoms with Gasteiger partial charge in [0, 0.05) is 7.57 Å². The Balaban J connectivity index is 3.06. The molecule has 1 aromatic rings. The van der Waals surface area contributed by atoms with Crippen molar-refractivity contribution < 1.29 is 1.37 Å². The SMILES string of the molecule is [2H]C(C)(C)c1ccnc(Cl)c1. The summed E-state index contributed by atoms with van der Waals surface area (Å²) in [5, 5.41) is 0.447. The van der Waals surface area contributed by atoms with E-state index in [1.54, 1.807) is 18.3 Å². The van der Waals surface area contributed by atoms with Gasteiger partial charge in [0.25, 0.3) is 0 Å². The molecule has 0 saturated heterocycles. The minimum atomic E-state index is -0.591. The third kappa shape index (κ3) is 1.71. The summed E-state index contributed by atoms with van der Waals surface area (Å²) in [5.41, 5.74) is 0.887. The second-order valence-corrected chi connectivity index (χ2v) is 2.75. The van der Waals surface area contributed by atoms with Gasteiger partial charge in [-0.2, -0.15) is 0 Å². The Bertz CT molecular complexity index is 255. The van der Waals surface area contributed by atoms with Gasteiger partial charge in [0.05, 0.1) is 0 Å². The molecule has 0 amide bonds. The summed E-state index contributed by atoms with van der Waals surface area (Å²) < 4.78 is 7.68. The molecule has 2 heteroatoms. The second-order valence-electron chi connectivity index (χ2n) is 2.37. The van der Waals surface area contributed by atoms with Crippen LogP contribution in [0.5, 0.6) is 0 Å². The van der Waals surface area contributed by atoms with Gasteiger partial charge < -0.3 is 0 Å². The molecular weight excluding hydrogens is 146 g/mol. The summed E-state index contributed by atoms with van der Waals surface area (Å²) in [7, 11) is 0. The maximum atomic E-state index is 7.68. The number of nitrogens with zero attached hydrogens (tertiary/aromatic N) is 1. The predicted molar refractivity (Wildman–Crippen MR) is 43.3 cm³/mol. The van der Waals surface area contributed by atoms with Crippen LogP contribution in [0.1, 0.15) is 26.7 Å². The molecule has 1 nitrogen and oxygen atoms in total. The Morgan fingerprint density at radius 2 is 2.40 bits per heavy atom. The highest BCUT2D eigenvalue weighted by molar-refractivity contribution is 6.29. The van der Waals surface area contributed by atoms with Crippen LogP contribution >= 0.6 is 11.6 Å². The van der Waals surface area contributed by atoms with E-state index < -0.39 is 5.89 Å². The third-order valence-corrected chi connectivity index (χ3v) is 1.51. The molecule has 0 bridgehead atoms. The molecule has 54 valence electrons. The largest absolute Gasteiger partial charge is 0.245 e. The van der Waals surface area contributed by atoms with E-state index in [0.29, 0.717) is 5.15 Å². The molecule has 10 heavy (non-hydrogen) atoms. The standard InChI is InChI=1S/C8H10ClN/c1-6(2)7-3-4-10-8(9)5-7/h3-6H,1-2H3/i6D. The van der Waals surface area contributed by atoms with Gasteiger partial charge in [-0.3, -0.25) is 0 Å². The van der Waals surface area contributed by atoms with E-state index in [9.17, 15) is 0 Å². The monoisotopic (exact) mass is 156 g/mol. The minimum absolute atomic E-state index is 0.447. The number of hydrogen-bond acceptors (Lipinski definition) is 1. The van der Waals surface area contributed by atoms with Crippen molar-refractivity contribution in [2.45, 2.75) is 19.7 Å². The summed E-state index contributed by atoms with van der Waals surface area (Å²) in [6, 6.07) is 3.52. The number of hydrogen-bond donors (Lipinski definition) is 0. The lowest BCUT2D eigenvalue weighted by molar-refractivity contribution is 0.863. The number of rotatable bonds is 1. The normalized spacial score (nSPS) is 12.9. The van der Waals surface area contributed by atoms with Crippen LogP contribution in [0.15, 0.2) is 18.3 Å². The van der Waals surface area contributed by atoms with E-state index in [4.69, 9.17) is 13.0 Å². The van der Waals surface area contributed by atoms with Gasteiger partial charge >= 0.3 is 0 Å². The smallest absolute Gasteiger partial charge is 0.129 e. The second kappa shape index (κ2) is 3.02. The van der Waals surface area contributed by atoms with Gasteiger partial charge in [-0.25, -0.2) is 4.98 Å². The molecule has 0 N–H and O–H groups in total. The van der Waals surface area contributed by atoms with Crippen LogP contribution in [0.25, 0.3) is 0 Å². The molecule has 0 aliphatic heterocycles. The molecule has 0 aliphatic rings. The van der Waals surface area contributed by atoms with Crippen molar-refractivity contribution >= 4 is 11.6 Å². The maximum Gasteiger partial charge on any atom is 0.129 e. The van der Waals surface area contributed by atoms with Crippen molar-refractivity contribution in [3.05, 3.63) is 29.0 Å². The van der Waals surface area contributed by atoms with Crippen LogP contribution in [0.3, 0.4) is 0 Å². The van der Waals surface area contributed by atoms with Gasteiger partial charge in [0.15, 0.2) is 0 Å². The van der Waals surface area contributed by atoms with Crippen LogP contribution < -0.4 is 0 Å². The first-order valence-corrected chi connectivity index (χ1v) is 3.50. The first-order valence-electron chi connectivity index (χ1n) is 3.62. The first kappa shape index (κ1) is 6.17. The van der Waals surface area contributed by atoms with Crippen LogP contribution in [0.4, 0.5) is 0 Å². The fourth-order valence-electron chi connectivity index (χ4n) is 0.713. The van der Waals surface area contributed by atoms with E-state index in [-0.39, 0.29) is 0 Å². The molecule has 0 spiro atoms. The van der Waals surface area contributed by atoms with Gasteiger partial charge in [-0.15, -0.1) is 0 Å². The summed E-state index contributed by atoms with van der Waals surface area (Å²) in [6.45, 7) is 3.64. The van der Waals surface area contributed by atoms with Crippen molar-refractivity contribution in [3.63, 3.8) is 0 Å². The Labute approximate surface area is 67.5 Å². The lowest BCUT2D eigenvalue weighted by Gasteiger charge is -2.02. The van der Waals surface area contributed by atoms with Crippen molar-refractivity contribution in [3.8, 4) is 0 Å². The van der Waals surface area contributed by atoms with E-state index >= 15 is 0 Å². The van der Waals surface area contributed by atoms with Gasteiger partial charge in [0.1, 0.15) is 5.15 Å². The molecule has 0 aromatic carbocycles. The average Bonchev–Trinajstić information content (AvgIpc) is 1.86. The lowest BCUT2D eigenvalue weighted by atomic mass is 10.1. The maximum absolute atomic E-state index is 7.68. The van der Waals surface area contributed by atoms with Crippen molar-refractivity contribution in [1.29, 1.82) is 0 Å². The van der Waals surface area contributed by atoms with Crippen molar-refractivity contribution in [2.24, 2.45) is 0 Å². The highest BCUT2D eigenvalue weighted by Crippen LogP contribution is 2.15. The van der Waals surface area contributed by atoms with Crippen LogP contribution in [-0.2, 0) is 0 Å². The van der Waals surface area contributed by atoms with Gasteiger partial charge in [-0.1, -0.05) is 25.4 Å². The highest BCUT2D eigenvalue weighted by Gasteiger charge is 1.97. The zero-order chi connectivity index (χ0) is 8.48. The predicted octanol–water partition coefficient (Wildman–Crippen LogP) is 2.86. The van der Waals surface area contributed by atoms with Crippen LogP contribution in [0, 0.1) is 0 Å². The first-order chi connectivity index (χ1) is 5.00. The summed E-state index contributed by atoms with van der Waals surface area (Å²) in [6.07, 6.45) is 1.62. The Morgan fingerprint density at radius 3 is 2.80 bits per heavy atom. The van der Waals surface area contributed by atoms with E-state index in [1.165, 1.54) is 0 Å². The molecular formula is C8H10ClN. The van der Waals surface area contributed by atoms with Crippen molar-refractivity contribution in [2.75, 3.05) is 0 Å². The number of halogens is 1. The Morgan fingerprint density at radius 1 is 1.70 bits per heavy atom. The van der Waals surface area contributed by atoms with Crippen LogP contribution in [0.2, 0.25) is 5.15 Å². The third-order valence-electron chi connectivity index (χ3n) is 1.30. The fourth-order valence-corrected chi connectivity index (χ4v) is 0.887. The van der Waals surface area contributed by atoms with Crippen molar-refractivity contribution in [1.82, 2.24) is 4.98 Å². The lowest BCUT2D eigenvalue weighted by Crippen LogP contribution is -1.86. The molecule has 0 saturated carbocycles. The van der Waals surface area contributed by atoms with Gasteiger partial charge in [-0.05, 0) is 23.6 Å². The highest BCUT2D eigenvalue weighted by atomic mass is 35.5. The Hall–Kier alpha value is -0.560. The summed E-state index contributed by atoms with van der Waals surface area (Å²) >= 11 is 5.66. The Kier molecular flexibility index (Phi) is 1.86. The average molecular weight is 157 g/mol. The zero-order valence-corrected chi connectivity index (χ0v) is 6.81.